The second-order valence-electron chi connectivity index (χ2n) is 5.82. The molecule has 2 heterocycles. The standard InChI is InChI=1S/C17H16N6O.ClH/c18-17(19)22-16(24)12-9-21-23(15(12)10-6-7-10)14-5-1-4-13-11(14)3-2-8-20-13;/h1-5,8-10H,6-7H2,(H4,18,19,22,24);1H. The lowest BCUT2D eigenvalue weighted by molar-refractivity contribution is 0.100. The van der Waals surface area contributed by atoms with E-state index in [1.807, 2.05) is 35.0 Å². The Hall–Kier alpha value is -2.93. The topological polar surface area (TPSA) is 112 Å². The number of fused-ring (bicyclic) bond motifs is 1. The van der Waals surface area contributed by atoms with Gasteiger partial charge < -0.3 is 11.5 Å². The van der Waals surface area contributed by atoms with Crippen LogP contribution in [0.15, 0.2) is 47.7 Å². The summed E-state index contributed by atoms with van der Waals surface area (Å²) in [5.41, 5.74) is 13.8. The van der Waals surface area contributed by atoms with Gasteiger partial charge in [-0.05, 0) is 37.1 Å². The Bertz CT molecular complexity index is 967. The molecule has 25 heavy (non-hydrogen) atoms. The second-order valence-corrected chi connectivity index (χ2v) is 5.82. The fourth-order valence-corrected chi connectivity index (χ4v) is 2.91. The van der Waals surface area contributed by atoms with Crippen molar-refractivity contribution in [3.05, 3.63) is 54.0 Å². The van der Waals surface area contributed by atoms with E-state index in [0.717, 1.165) is 35.1 Å². The van der Waals surface area contributed by atoms with Gasteiger partial charge in [0.2, 0.25) is 0 Å². The monoisotopic (exact) mass is 356 g/mol. The van der Waals surface area contributed by atoms with Gasteiger partial charge in [-0.3, -0.25) is 9.78 Å². The van der Waals surface area contributed by atoms with Crippen molar-refractivity contribution in [1.82, 2.24) is 14.8 Å². The predicted molar refractivity (Wildman–Crippen MR) is 98.2 cm³/mol. The number of carbonyl (C=O) groups excluding carboxylic acids is 1. The molecule has 1 aromatic carbocycles. The molecule has 0 spiro atoms. The number of hydrogen-bond donors (Lipinski definition) is 2. The minimum atomic E-state index is -0.457. The number of pyridine rings is 1. The zero-order valence-electron chi connectivity index (χ0n) is 13.3. The van der Waals surface area contributed by atoms with Crippen molar-refractivity contribution < 1.29 is 4.79 Å². The van der Waals surface area contributed by atoms with Crippen molar-refractivity contribution in [2.45, 2.75) is 18.8 Å². The quantitative estimate of drug-likeness (QED) is 0.551. The maximum atomic E-state index is 12.3. The SMILES string of the molecule is Cl.NC(N)=NC(=O)c1cnn(-c2cccc3ncccc23)c1C1CC1. The number of guanidine groups is 1. The van der Waals surface area contributed by atoms with Crippen molar-refractivity contribution in [1.29, 1.82) is 0 Å². The number of rotatable bonds is 3. The van der Waals surface area contributed by atoms with Crippen LogP contribution >= 0.6 is 12.4 Å². The van der Waals surface area contributed by atoms with Crippen LogP contribution < -0.4 is 11.5 Å². The van der Waals surface area contributed by atoms with Crippen LogP contribution in [0, 0.1) is 0 Å². The van der Waals surface area contributed by atoms with Gasteiger partial charge in [-0.15, -0.1) is 12.4 Å². The fraction of sp³-hybridized carbons (Fsp3) is 0.176. The summed E-state index contributed by atoms with van der Waals surface area (Å²) in [5.74, 6) is -0.405. The molecule has 1 saturated carbocycles. The first-order valence-corrected chi connectivity index (χ1v) is 7.71. The molecule has 8 heteroatoms. The number of carbonyl (C=O) groups is 1. The molecule has 4 rings (SSSR count). The molecule has 0 bridgehead atoms. The van der Waals surface area contributed by atoms with E-state index >= 15 is 0 Å². The number of nitrogens with two attached hydrogens (primary N) is 2. The molecule has 2 aromatic heterocycles. The molecule has 1 fully saturated rings. The van der Waals surface area contributed by atoms with Gasteiger partial charge >= 0.3 is 0 Å². The van der Waals surface area contributed by atoms with E-state index in [9.17, 15) is 4.79 Å². The number of halogens is 1. The van der Waals surface area contributed by atoms with Gasteiger partial charge in [-0.2, -0.15) is 10.1 Å². The maximum Gasteiger partial charge on any atom is 0.283 e. The summed E-state index contributed by atoms with van der Waals surface area (Å²) in [6.45, 7) is 0. The van der Waals surface area contributed by atoms with Crippen LogP contribution in [0.25, 0.3) is 16.6 Å². The highest BCUT2D eigenvalue weighted by Gasteiger charge is 2.33. The molecule has 0 atom stereocenters. The summed E-state index contributed by atoms with van der Waals surface area (Å²) in [7, 11) is 0. The third-order valence-corrected chi connectivity index (χ3v) is 4.08. The predicted octanol–water partition coefficient (Wildman–Crippen LogP) is 2.13. The summed E-state index contributed by atoms with van der Waals surface area (Å²) in [6, 6.07) is 9.73. The normalized spacial score (nSPS) is 13.3. The minimum absolute atomic E-state index is 0. The molecule has 7 nitrogen and oxygen atoms in total. The zero-order chi connectivity index (χ0) is 16.7. The van der Waals surface area contributed by atoms with Gasteiger partial charge in [0.05, 0.1) is 28.7 Å². The lowest BCUT2D eigenvalue weighted by Gasteiger charge is -2.10. The van der Waals surface area contributed by atoms with Crippen molar-refractivity contribution in [3.8, 4) is 5.69 Å². The first-order chi connectivity index (χ1) is 11.6. The van der Waals surface area contributed by atoms with Crippen LogP contribution in [0.2, 0.25) is 0 Å². The van der Waals surface area contributed by atoms with Crippen molar-refractivity contribution >= 4 is 35.2 Å². The van der Waals surface area contributed by atoms with E-state index in [1.54, 1.807) is 6.20 Å². The summed E-state index contributed by atoms with van der Waals surface area (Å²) in [4.78, 5) is 20.3. The van der Waals surface area contributed by atoms with Crippen molar-refractivity contribution in [2.75, 3.05) is 0 Å². The molecule has 1 aliphatic rings. The molecule has 1 amide bonds. The van der Waals surface area contributed by atoms with E-state index in [4.69, 9.17) is 11.5 Å². The van der Waals surface area contributed by atoms with Crippen LogP contribution in [0.1, 0.15) is 34.8 Å². The van der Waals surface area contributed by atoms with Crippen LogP contribution in [0.4, 0.5) is 0 Å². The fourth-order valence-electron chi connectivity index (χ4n) is 2.91. The molecule has 128 valence electrons. The average Bonchev–Trinajstić information content (AvgIpc) is 3.32. The molecule has 0 unspecified atom stereocenters. The Kier molecular flexibility index (Phi) is 4.41. The third kappa shape index (κ3) is 3.06. The number of amides is 1. The summed E-state index contributed by atoms with van der Waals surface area (Å²) >= 11 is 0. The van der Waals surface area contributed by atoms with E-state index in [0.29, 0.717) is 11.5 Å². The molecule has 0 aliphatic heterocycles. The van der Waals surface area contributed by atoms with Gasteiger partial charge in [0.15, 0.2) is 5.96 Å². The highest BCUT2D eigenvalue weighted by molar-refractivity contribution is 6.03. The first kappa shape index (κ1) is 16.9. The second kappa shape index (κ2) is 6.52. The molecular weight excluding hydrogens is 340 g/mol. The van der Waals surface area contributed by atoms with Gasteiger partial charge in [0.1, 0.15) is 0 Å². The van der Waals surface area contributed by atoms with Gasteiger partial charge in [0.25, 0.3) is 5.91 Å². The van der Waals surface area contributed by atoms with E-state index in [-0.39, 0.29) is 18.4 Å². The number of nitrogens with zero attached hydrogens (tertiary/aromatic N) is 4. The summed E-state index contributed by atoms with van der Waals surface area (Å²) in [5, 5.41) is 5.42. The number of aliphatic imine (C=N–C) groups is 1. The Balaban J connectivity index is 0.00000182. The molecule has 0 saturated heterocycles. The molecule has 3 aromatic rings. The third-order valence-electron chi connectivity index (χ3n) is 4.08. The van der Waals surface area contributed by atoms with E-state index < -0.39 is 5.91 Å². The lowest BCUT2D eigenvalue weighted by atomic mass is 10.1. The summed E-state index contributed by atoms with van der Waals surface area (Å²) < 4.78 is 1.82. The van der Waals surface area contributed by atoms with Crippen LogP contribution in [-0.4, -0.2) is 26.6 Å². The molecule has 1 aliphatic carbocycles. The Morgan fingerprint density at radius 3 is 2.72 bits per heavy atom. The number of aromatic nitrogens is 3. The zero-order valence-corrected chi connectivity index (χ0v) is 14.1. The highest BCUT2D eigenvalue weighted by atomic mass is 35.5. The minimum Gasteiger partial charge on any atom is -0.370 e. The Morgan fingerprint density at radius 2 is 2.00 bits per heavy atom. The molecular formula is C17H17ClN6O. The molecule has 4 N–H and O–H groups in total. The number of hydrogen-bond acceptors (Lipinski definition) is 3. The maximum absolute atomic E-state index is 12.3. The van der Waals surface area contributed by atoms with Crippen molar-refractivity contribution in [2.24, 2.45) is 16.5 Å². The van der Waals surface area contributed by atoms with Crippen LogP contribution in [-0.2, 0) is 0 Å². The van der Waals surface area contributed by atoms with E-state index in [1.165, 1.54) is 6.20 Å². The van der Waals surface area contributed by atoms with Crippen molar-refractivity contribution in [3.63, 3.8) is 0 Å². The smallest absolute Gasteiger partial charge is 0.283 e. The van der Waals surface area contributed by atoms with Crippen LogP contribution in [0.5, 0.6) is 0 Å². The lowest BCUT2D eigenvalue weighted by Crippen LogP contribution is -2.24. The van der Waals surface area contributed by atoms with Crippen LogP contribution in [0.3, 0.4) is 0 Å². The van der Waals surface area contributed by atoms with Gasteiger partial charge in [0, 0.05) is 17.5 Å². The van der Waals surface area contributed by atoms with Gasteiger partial charge in [-0.25, -0.2) is 4.68 Å². The number of benzene rings is 1. The first-order valence-electron chi connectivity index (χ1n) is 7.71. The highest BCUT2D eigenvalue weighted by Crippen LogP contribution is 2.43. The molecule has 0 radical (unpaired) electrons. The summed E-state index contributed by atoms with van der Waals surface area (Å²) in [6.07, 6.45) is 5.34. The largest absolute Gasteiger partial charge is 0.370 e. The average molecular weight is 357 g/mol. The Labute approximate surface area is 150 Å². The van der Waals surface area contributed by atoms with E-state index in [2.05, 4.69) is 15.1 Å². The van der Waals surface area contributed by atoms with Gasteiger partial charge in [-0.1, -0.05) is 6.07 Å². The Morgan fingerprint density at radius 1 is 1.20 bits per heavy atom.